The summed E-state index contributed by atoms with van der Waals surface area (Å²) in [4.78, 5) is 13.1. The van der Waals surface area contributed by atoms with Gasteiger partial charge >= 0.3 is 12.1 Å². The maximum absolute atomic E-state index is 12.8. The Labute approximate surface area is 120 Å². The zero-order valence-electron chi connectivity index (χ0n) is 11.4. The summed E-state index contributed by atoms with van der Waals surface area (Å²) in [6, 6.07) is 2.81. The standard InChI is InChI=1S/C14H17F3N2O2/c15-14(16,17)11-7-10(13(20)21)8-12(9-11)18-3-6-19-4-1-2-5-19/h7-9,18H,1-6H2,(H,20,21). The van der Waals surface area contributed by atoms with E-state index in [0.717, 1.165) is 38.5 Å². The van der Waals surface area contributed by atoms with E-state index in [1.54, 1.807) is 0 Å². The molecule has 4 nitrogen and oxygen atoms in total. The van der Waals surface area contributed by atoms with Crippen LogP contribution < -0.4 is 5.32 Å². The summed E-state index contributed by atoms with van der Waals surface area (Å²) in [6.07, 6.45) is -2.27. The molecule has 1 aliphatic rings. The maximum Gasteiger partial charge on any atom is 0.416 e. The number of anilines is 1. The Bertz CT molecular complexity index is 511. The van der Waals surface area contributed by atoms with Crippen molar-refractivity contribution in [3.05, 3.63) is 29.3 Å². The van der Waals surface area contributed by atoms with Crippen molar-refractivity contribution in [2.75, 3.05) is 31.5 Å². The molecule has 1 aliphatic heterocycles. The number of nitrogens with zero attached hydrogens (tertiary/aromatic N) is 1. The average Bonchev–Trinajstić information content (AvgIpc) is 2.90. The third-order valence-electron chi connectivity index (χ3n) is 3.46. The number of carboxylic acid groups (broad SMARTS) is 1. The lowest BCUT2D eigenvalue weighted by atomic mass is 10.1. The normalized spacial score (nSPS) is 16.1. The third-order valence-corrected chi connectivity index (χ3v) is 3.46. The molecular formula is C14H17F3N2O2. The molecular weight excluding hydrogens is 285 g/mol. The number of nitrogens with one attached hydrogen (secondary N) is 1. The van der Waals surface area contributed by atoms with Crippen molar-refractivity contribution in [3.63, 3.8) is 0 Å². The Hall–Kier alpha value is -1.76. The fourth-order valence-corrected chi connectivity index (χ4v) is 2.38. The fourth-order valence-electron chi connectivity index (χ4n) is 2.38. The second-order valence-electron chi connectivity index (χ2n) is 5.08. The molecule has 0 amide bonds. The van der Waals surface area contributed by atoms with Gasteiger partial charge in [-0.15, -0.1) is 0 Å². The Balaban J connectivity index is 2.06. The first-order valence-corrected chi connectivity index (χ1v) is 6.78. The van der Waals surface area contributed by atoms with E-state index >= 15 is 0 Å². The van der Waals surface area contributed by atoms with Gasteiger partial charge in [-0.3, -0.25) is 0 Å². The zero-order chi connectivity index (χ0) is 15.5. The SMILES string of the molecule is O=C(O)c1cc(NCCN2CCCC2)cc(C(F)(F)F)c1. The minimum Gasteiger partial charge on any atom is -0.478 e. The summed E-state index contributed by atoms with van der Waals surface area (Å²) in [5.41, 5.74) is -1.14. The van der Waals surface area contributed by atoms with E-state index in [1.807, 2.05) is 0 Å². The molecule has 7 heteroatoms. The van der Waals surface area contributed by atoms with Crippen molar-refractivity contribution in [2.45, 2.75) is 19.0 Å². The summed E-state index contributed by atoms with van der Waals surface area (Å²) in [6.45, 7) is 3.23. The van der Waals surface area contributed by atoms with Gasteiger partial charge in [-0.05, 0) is 44.1 Å². The number of carboxylic acids is 1. The van der Waals surface area contributed by atoms with E-state index in [1.165, 1.54) is 6.07 Å². The Morgan fingerprint density at radius 2 is 1.90 bits per heavy atom. The molecule has 0 aliphatic carbocycles. The van der Waals surface area contributed by atoms with Gasteiger partial charge in [0.15, 0.2) is 0 Å². The van der Waals surface area contributed by atoms with E-state index in [2.05, 4.69) is 10.2 Å². The van der Waals surface area contributed by atoms with Crippen molar-refractivity contribution >= 4 is 11.7 Å². The monoisotopic (exact) mass is 302 g/mol. The minimum absolute atomic E-state index is 0.182. The predicted molar refractivity (Wildman–Crippen MR) is 72.6 cm³/mol. The van der Waals surface area contributed by atoms with Crippen molar-refractivity contribution in [3.8, 4) is 0 Å². The molecule has 1 saturated heterocycles. The van der Waals surface area contributed by atoms with Gasteiger partial charge in [-0.25, -0.2) is 4.79 Å². The van der Waals surface area contributed by atoms with Crippen molar-refractivity contribution < 1.29 is 23.1 Å². The molecule has 2 N–H and O–H groups in total. The fraction of sp³-hybridized carbons (Fsp3) is 0.500. The highest BCUT2D eigenvalue weighted by molar-refractivity contribution is 5.89. The van der Waals surface area contributed by atoms with Crippen LogP contribution in [0.4, 0.5) is 18.9 Å². The van der Waals surface area contributed by atoms with Crippen LogP contribution in [0.25, 0.3) is 0 Å². The molecule has 0 unspecified atom stereocenters. The number of hydrogen-bond acceptors (Lipinski definition) is 3. The molecule has 0 atom stereocenters. The third kappa shape index (κ3) is 4.35. The van der Waals surface area contributed by atoms with Crippen LogP contribution in [0.15, 0.2) is 18.2 Å². The number of halogens is 3. The van der Waals surface area contributed by atoms with Crippen LogP contribution in [-0.2, 0) is 6.18 Å². The highest BCUT2D eigenvalue weighted by Crippen LogP contribution is 2.32. The van der Waals surface area contributed by atoms with Gasteiger partial charge < -0.3 is 15.3 Å². The largest absolute Gasteiger partial charge is 0.478 e. The van der Waals surface area contributed by atoms with Gasteiger partial charge in [0.25, 0.3) is 0 Å². The molecule has 1 aromatic carbocycles. The molecule has 116 valence electrons. The zero-order valence-corrected chi connectivity index (χ0v) is 11.4. The number of aromatic carboxylic acids is 1. The van der Waals surface area contributed by atoms with Crippen LogP contribution >= 0.6 is 0 Å². The first-order valence-electron chi connectivity index (χ1n) is 6.78. The topological polar surface area (TPSA) is 52.6 Å². The maximum atomic E-state index is 12.8. The quantitative estimate of drug-likeness (QED) is 0.878. The number of benzene rings is 1. The molecule has 1 fully saturated rings. The second kappa shape index (κ2) is 6.34. The van der Waals surface area contributed by atoms with E-state index < -0.39 is 17.7 Å². The van der Waals surface area contributed by atoms with Crippen LogP contribution in [0.3, 0.4) is 0 Å². The lowest BCUT2D eigenvalue weighted by Gasteiger charge is -2.16. The number of likely N-dealkylation sites (tertiary alicyclic amines) is 1. The van der Waals surface area contributed by atoms with Crippen LogP contribution in [0, 0.1) is 0 Å². The van der Waals surface area contributed by atoms with Gasteiger partial charge in [0.05, 0.1) is 11.1 Å². The van der Waals surface area contributed by atoms with Crippen LogP contribution in [-0.4, -0.2) is 42.2 Å². The van der Waals surface area contributed by atoms with E-state index in [0.29, 0.717) is 12.6 Å². The summed E-state index contributed by atoms with van der Waals surface area (Å²) >= 11 is 0. The average molecular weight is 302 g/mol. The summed E-state index contributed by atoms with van der Waals surface area (Å²) in [5.74, 6) is -1.37. The molecule has 1 heterocycles. The molecule has 1 aromatic rings. The van der Waals surface area contributed by atoms with E-state index in [9.17, 15) is 18.0 Å². The predicted octanol–water partition coefficient (Wildman–Crippen LogP) is 2.91. The Kier molecular flexibility index (Phi) is 4.72. The molecule has 0 spiro atoms. The number of carbonyl (C=O) groups is 1. The molecule has 0 saturated carbocycles. The highest BCUT2D eigenvalue weighted by atomic mass is 19.4. The molecule has 0 radical (unpaired) electrons. The van der Waals surface area contributed by atoms with Crippen molar-refractivity contribution in [2.24, 2.45) is 0 Å². The number of rotatable bonds is 5. The van der Waals surface area contributed by atoms with E-state index in [4.69, 9.17) is 5.11 Å². The first kappa shape index (κ1) is 15.6. The van der Waals surface area contributed by atoms with Crippen molar-refractivity contribution in [1.82, 2.24) is 4.90 Å². The second-order valence-corrected chi connectivity index (χ2v) is 5.08. The number of hydrogen-bond donors (Lipinski definition) is 2. The highest BCUT2D eigenvalue weighted by Gasteiger charge is 2.31. The van der Waals surface area contributed by atoms with E-state index in [-0.39, 0.29) is 11.3 Å². The lowest BCUT2D eigenvalue weighted by Crippen LogP contribution is -2.26. The summed E-state index contributed by atoms with van der Waals surface area (Å²) in [5, 5.41) is 11.8. The van der Waals surface area contributed by atoms with Crippen LogP contribution in [0.1, 0.15) is 28.8 Å². The Morgan fingerprint density at radius 3 is 2.48 bits per heavy atom. The minimum atomic E-state index is -4.56. The van der Waals surface area contributed by atoms with Gasteiger partial charge in [0.1, 0.15) is 0 Å². The lowest BCUT2D eigenvalue weighted by molar-refractivity contribution is -0.137. The molecule has 0 aromatic heterocycles. The van der Waals surface area contributed by atoms with Gasteiger partial charge in [-0.2, -0.15) is 13.2 Å². The Morgan fingerprint density at radius 1 is 1.24 bits per heavy atom. The molecule has 21 heavy (non-hydrogen) atoms. The van der Waals surface area contributed by atoms with Crippen LogP contribution in [0.2, 0.25) is 0 Å². The molecule has 0 bridgehead atoms. The van der Waals surface area contributed by atoms with Crippen molar-refractivity contribution in [1.29, 1.82) is 0 Å². The molecule has 2 rings (SSSR count). The first-order chi connectivity index (χ1) is 9.86. The van der Waals surface area contributed by atoms with Gasteiger partial charge in [0.2, 0.25) is 0 Å². The van der Waals surface area contributed by atoms with Gasteiger partial charge in [-0.1, -0.05) is 0 Å². The number of alkyl halides is 3. The summed E-state index contributed by atoms with van der Waals surface area (Å²) in [7, 11) is 0. The van der Waals surface area contributed by atoms with Gasteiger partial charge in [0, 0.05) is 18.8 Å². The smallest absolute Gasteiger partial charge is 0.416 e. The van der Waals surface area contributed by atoms with Crippen LogP contribution in [0.5, 0.6) is 0 Å². The summed E-state index contributed by atoms with van der Waals surface area (Å²) < 4.78 is 38.3.